The Morgan fingerprint density at radius 1 is 1.27 bits per heavy atom. The largest absolute Gasteiger partial charge is 0.387 e. The van der Waals surface area contributed by atoms with Gasteiger partial charge in [-0.1, -0.05) is 23.7 Å². The second kappa shape index (κ2) is 7.93. The Balaban J connectivity index is 1.74. The maximum Gasteiger partial charge on any atom is 0.252 e. The molecule has 22 heavy (non-hydrogen) atoms. The predicted octanol–water partition coefficient (Wildman–Crippen LogP) is 1.98. The summed E-state index contributed by atoms with van der Waals surface area (Å²) in [6.45, 7) is -0.0928. The normalized spacial score (nSPS) is 11.7. The molecule has 2 amide bonds. The zero-order chi connectivity index (χ0) is 15.9. The van der Waals surface area contributed by atoms with Crippen molar-refractivity contribution >= 4 is 34.8 Å². The highest BCUT2D eigenvalue weighted by Crippen LogP contribution is 2.16. The molecule has 0 fully saturated rings. The molecule has 0 saturated carbocycles. The number of hydrogen-bond acceptors (Lipinski definition) is 4. The minimum Gasteiger partial charge on any atom is -0.387 e. The first-order chi connectivity index (χ1) is 10.6. The lowest BCUT2D eigenvalue weighted by Gasteiger charge is -2.12. The van der Waals surface area contributed by atoms with E-state index in [2.05, 4.69) is 10.6 Å². The van der Waals surface area contributed by atoms with Crippen molar-refractivity contribution in [3.63, 3.8) is 0 Å². The molecule has 0 saturated heterocycles. The Labute approximate surface area is 136 Å². The van der Waals surface area contributed by atoms with Crippen LogP contribution >= 0.6 is 22.9 Å². The van der Waals surface area contributed by atoms with Gasteiger partial charge in [0.25, 0.3) is 5.91 Å². The van der Waals surface area contributed by atoms with E-state index in [-0.39, 0.29) is 24.9 Å². The average Bonchev–Trinajstić information content (AvgIpc) is 3.04. The number of carbonyl (C=O) groups is 2. The van der Waals surface area contributed by atoms with Crippen LogP contribution < -0.4 is 10.6 Å². The molecule has 2 aromatic rings. The first-order valence-electron chi connectivity index (χ1n) is 6.57. The molecule has 0 bridgehead atoms. The van der Waals surface area contributed by atoms with Crippen LogP contribution in [0.5, 0.6) is 0 Å². The molecule has 116 valence electrons. The Morgan fingerprint density at radius 2 is 2.09 bits per heavy atom. The molecule has 3 N–H and O–H groups in total. The topological polar surface area (TPSA) is 78.4 Å². The molecule has 0 aliphatic heterocycles. The van der Waals surface area contributed by atoms with Crippen molar-refractivity contribution in [3.8, 4) is 0 Å². The van der Waals surface area contributed by atoms with Gasteiger partial charge in [0.2, 0.25) is 5.91 Å². The summed E-state index contributed by atoms with van der Waals surface area (Å²) in [5.74, 6) is -0.670. The molecule has 7 heteroatoms. The van der Waals surface area contributed by atoms with Crippen LogP contribution in [0.25, 0.3) is 0 Å². The fourth-order valence-corrected chi connectivity index (χ4v) is 2.60. The molecule has 5 nitrogen and oxygen atoms in total. The molecule has 1 heterocycles. The van der Waals surface area contributed by atoms with Crippen LogP contribution in [0.2, 0.25) is 5.02 Å². The number of aliphatic hydroxyl groups excluding tert-OH is 1. The summed E-state index contributed by atoms with van der Waals surface area (Å²) in [6, 6.07) is 8.47. The maximum atomic E-state index is 11.7. The Bertz CT molecular complexity index is 646. The van der Waals surface area contributed by atoms with E-state index < -0.39 is 6.10 Å². The van der Waals surface area contributed by atoms with Crippen molar-refractivity contribution in [1.29, 1.82) is 0 Å². The highest BCUT2D eigenvalue weighted by Gasteiger charge is 2.11. The van der Waals surface area contributed by atoms with Crippen LogP contribution in [0.4, 0.5) is 0 Å². The van der Waals surface area contributed by atoms with Crippen LogP contribution in [-0.2, 0) is 4.79 Å². The summed E-state index contributed by atoms with van der Waals surface area (Å²) in [5, 5.41) is 19.0. The maximum absolute atomic E-state index is 11.7. The van der Waals surface area contributed by atoms with Gasteiger partial charge in [-0.15, -0.1) is 0 Å². The molecule has 0 aliphatic carbocycles. The predicted molar refractivity (Wildman–Crippen MR) is 86.1 cm³/mol. The molecule has 0 aliphatic rings. The number of aliphatic hydroxyl groups is 1. The standard InChI is InChI=1S/C15H15ClN2O3S/c16-12-3-1-2-10(6-12)13(19)7-17-14(20)8-18-15(21)11-4-5-22-9-11/h1-6,9,13,19H,7-8H2,(H,17,20)(H,18,21). The average molecular weight is 339 g/mol. The van der Waals surface area contributed by atoms with Crippen LogP contribution in [-0.4, -0.2) is 30.0 Å². The van der Waals surface area contributed by atoms with Crippen LogP contribution in [0, 0.1) is 0 Å². The smallest absolute Gasteiger partial charge is 0.252 e. The Hall–Kier alpha value is -1.89. The van der Waals surface area contributed by atoms with Crippen LogP contribution in [0.1, 0.15) is 22.0 Å². The monoisotopic (exact) mass is 338 g/mol. The molecular formula is C15H15ClN2O3S. The summed E-state index contributed by atoms with van der Waals surface area (Å²) in [5.41, 5.74) is 1.15. The van der Waals surface area contributed by atoms with E-state index in [1.165, 1.54) is 11.3 Å². The number of rotatable bonds is 6. The first-order valence-corrected chi connectivity index (χ1v) is 7.89. The summed E-state index contributed by atoms with van der Waals surface area (Å²) in [6.07, 6.45) is -0.852. The van der Waals surface area contributed by atoms with Gasteiger partial charge >= 0.3 is 0 Å². The molecule has 1 atom stereocenters. The first kappa shape index (κ1) is 16.5. The molecule has 1 aromatic carbocycles. The van der Waals surface area contributed by atoms with E-state index in [0.29, 0.717) is 16.1 Å². The SMILES string of the molecule is O=C(CNC(=O)c1ccsc1)NCC(O)c1cccc(Cl)c1. The van der Waals surface area contributed by atoms with Crippen molar-refractivity contribution < 1.29 is 14.7 Å². The minimum atomic E-state index is -0.852. The van der Waals surface area contributed by atoms with Gasteiger partial charge in [0.15, 0.2) is 0 Å². The molecular weight excluding hydrogens is 324 g/mol. The van der Waals surface area contributed by atoms with Gasteiger partial charge in [-0.3, -0.25) is 9.59 Å². The van der Waals surface area contributed by atoms with Gasteiger partial charge in [-0.2, -0.15) is 11.3 Å². The summed E-state index contributed by atoms with van der Waals surface area (Å²) >= 11 is 7.25. The molecule has 1 unspecified atom stereocenters. The van der Waals surface area contributed by atoms with Crippen molar-refractivity contribution in [3.05, 3.63) is 57.2 Å². The van der Waals surface area contributed by atoms with E-state index in [9.17, 15) is 14.7 Å². The fourth-order valence-electron chi connectivity index (χ4n) is 1.76. The third kappa shape index (κ3) is 4.84. The fraction of sp³-hybridized carbons (Fsp3) is 0.200. The van der Waals surface area contributed by atoms with Crippen LogP contribution in [0.15, 0.2) is 41.1 Å². The lowest BCUT2D eigenvalue weighted by Crippen LogP contribution is -2.38. The van der Waals surface area contributed by atoms with Gasteiger partial charge in [0.1, 0.15) is 0 Å². The van der Waals surface area contributed by atoms with E-state index >= 15 is 0 Å². The van der Waals surface area contributed by atoms with Gasteiger partial charge in [-0.05, 0) is 29.1 Å². The number of halogens is 1. The van der Waals surface area contributed by atoms with Crippen molar-refractivity contribution in [1.82, 2.24) is 10.6 Å². The van der Waals surface area contributed by atoms with E-state index in [4.69, 9.17) is 11.6 Å². The van der Waals surface area contributed by atoms with Gasteiger partial charge in [-0.25, -0.2) is 0 Å². The third-order valence-corrected chi connectivity index (χ3v) is 3.84. The van der Waals surface area contributed by atoms with Gasteiger partial charge in [0.05, 0.1) is 12.6 Å². The number of benzene rings is 1. The second-order valence-electron chi connectivity index (χ2n) is 4.57. The molecule has 0 spiro atoms. The molecule has 1 aromatic heterocycles. The number of nitrogens with one attached hydrogen (secondary N) is 2. The zero-order valence-electron chi connectivity index (χ0n) is 11.6. The third-order valence-electron chi connectivity index (χ3n) is 2.92. The lowest BCUT2D eigenvalue weighted by atomic mass is 10.1. The number of carbonyl (C=O) groups excluding carboxylic acids is 2. The highest BCUT2D eigenvalue weighted by atomic mass is 35.5. The lowest BCUT2D eigenvalue weighted by molar-refractivity contribution is -0.120. The molecule has 2 rings (SSSR count). The summed E-state index contributed by atoms with van der Waals surface area (Å²) in [7, 11) is 0. The highest BCUT2D eigenvalue weighted by molar-refractivity contribution is 7.08. The number of thiophene rings is 1. The van der Waals surface area contributed by atoms with Crippen LogP contribution in [0.3, 0.4) is 0 Å². The van der Waals surface area contributed by atoms with Gasteiger partial charge < -0.3 is 15.7 Å². The zero-order valence-corrected chi connectivity index (χ0v) is 13.2. The quantitative estimate of drug-likeness (QED) is 0.753. The Kier molecular flexibility index (Phi) is 5.94. The van der Waals surface area contributed by atoms with E-state index in [1.54, 1.807) is 41.1 Å². The summed E-state index contributed by atoms with van der Waals surface area (Å²) in [4.78, 5) is 23.3. The van der Waals surface area contributed by atoms with Crippen molar-refractivity contribution in [2.75, 3.05) is 13.1 Å². The van der Waals surface area contributed by atoms with E-state index in [0.717, 1.165) is 0 Å². The summed E-state index contributed by atoms with van der Waals surface area (Å²) < 4.78 is 0. The number of hydrogen-bond donors (Lipinski definition) is 3. The van der Waals surface area contributed by atoms with Crippen molar-refractivity contribution in [2.24, 2.45) is 0 Å². The molecule has 0 radical (unpaired) electrons. The van der Waals surface area contributed by atoms with Crippen molar-refractivity contribution in [2.45, 2.75) is 6.10 Å². The van der Waals surface area contributed by atoms with E-state index in [1.807, 2.05) is 0 Å². The number of amides is 2. The second-order valence-corrected chi connectivity index (χ2v) is 5.79. The van der Waals surface area contributed by atoms with Gasteiger partial charge in [0, 0.05) is 22.5 Å². The minimum absolute atomic E-state index is 0.0491. The Morgan fingerprint density at radius 3 is 2.77 bits per heavy atom.